The molecule has 17 nitrogen and oxygen atoms in total. The van der Waals surface area contributed by atoms with Gasteiger partial charge in [0.05, 0.1) is 26.4 Å². The minimum atomic E-state index is -4.96. The second-order valence-electron chi connectivity index (χ2n) is 29.9. The lowest BCUT2D eigenvalue weighted by atomic mass is 10.0. The summed E-state index contributed by atoms with van der Waals surface area (Å²) in [5.74, 6) is -2.10. The van der Waals surface area contributed by atoms with Crippen LogP contribution in [0.2, 0.25) is 0 Å². The summed E-state index contributed by atoms with van der Waals surface area (Å²) in [6.07, 6.45) is 70.6. The van der Waals surface area contributed by atoms with Gasteiger partial charge in [0.1, 0.15) is 19.3 Å². The van der Waals surface area contributed by atoms with Crippen molar-refractivity contribution in [2.24, 2.45) is 0 Å². The summed E-state index contributed by atoms with van der Waals surface area (Å²) >= 11 is 0. The maximum absolute atomic E-state index is 13.1. The van der Waals surface area contributed by atoms with Crippen LogP contribution in [0.1, 0.15) is 451 Å². The number of carbonyl (C=O) groups excluding carboxylic acids is 4. The number of phosphoric acid groups is 2. The average Bonchev–Trinajstić information content (AvgIpc) is 1.01. The number of aliphatic hydroxyl groups excluding tert-OH is 1. The number of phosphoric ester groups is 2. The van der Waals surface area contributed by atoms with E-state index in [1.807, 2.05) is 0 Å². The molecule has 0 heterocycles. The standard InChI is InChI=1S/C83H162O17P2/c1-5-9-13-17-21-25-29-33-36-38-41-45-49-53-57-61-65-69-82(87)99-78(73-93-80(85)67-63-59-55-51-47-43-32-28-24-20-16-12-8-4)75-97-101(89,90)95-71-77(84)72-96-102(91,92)98-76-79(74-94-81(86)68-64-60-56-52-48-44-40-35-31-27-23-19-15-11-7-3)100-83(88)70-66-62-58-54-50-46-42-39-37-34-30-26-22-18-14-10-6-2/h77-79,84H,5-76H2,1-4H3,(H,89,90)(H,91,92)/t77-,78-,79-/m1/s1. The Morgan fingerprint density at radius 2 is 0.392 bits per heavy atom. The maximum Gasteiger partial charge on any atom is 0.472 e. The molecule has 3 N–H and O–H groups in total. The largest absolute Gasteiger partial charge is 0.472 e. The van der Waals surface area contributed by atoms with E-state index in [2.05, 4.69) is 27.7 Å². The highest BCUT2D eigenvalue weighted by Gasteiger charge is 2.30. The SMILES string of the molecule is CCCCCCCCCCCCCCCCCCCC(=O)O[C@H](COC(=O)CCCCCCCCCCCCCCC)COP(=O)(O)OC[C@@H](O)COP(=O)(O)OC[C@@H](COC(=O)CCCCCCCCCCCCCCCCC)OC(=O)CCCCCCCCCCCCCCCCCCC. The fourth-order valence-corrected chi connectivity index (χ4v) is 14.6. The summed E-state index contributed by atoms with van der Waals surface area (Å²) in [5, 5.41) is 10.7. The number of unbranched alkanes of at least 4 members (excludes halogenated alkanes) is 58. The molecule has 102 heavy (non-hydrogen) atoms. The predicted octanol–water partition coefficient (Wildman–Crippen LogP) is 25.4. The first kappa shape index (κ1) is 100. The highest BCUT2D eigenvalue weighted by atomic mass is 31.2. The molecule has 0 aromatic heterocycles. The van der Waals surface area contributed by atoms with Crippen molar-refractivity contribution in [3.8, 4) is 0 Å². The van der Waals surface area contributed by atoms with E-state index in [1.165, 1.54) is 283 Å². The lowest BCUT2D eigenvalue weighted by Crippen LogP contribution is -2.30. The summed E-state index contributed by atoms with van der Waals surface area (Å²) < 4.78 is 68.9. The van der Waals surface area contributed by atoms with E-state index in [-0.39, 0.29) is 25.7 Å². The molecule has 0 saturated carbocycles. The van der Waals surface area contributed by atoms with Gasteiger partial charge in [-0.2, -0.15) is 0 Å². The van der Waals surface area contributed by atoms with Crippen LogP contribution in [-0.2, 0) is 65.4 Å². The smallest absolute Gasteiger partial charge is 0.462 e. The Balaban J connectivity index is 5.26. The van der Waals surface area contributed by atoms with Gasteiger partial charge >= 0.3 is 39.5 Å². The molecule has 0 saturated heterocycles. The van der Waals surface area contributed by atoms with Crippen LogP contribution in [-0.4, -0.2) is 96.7 Å². The van der Waals surface area contributed by atoms with Crippen molar-refractivity contribution >= 4 is 39.5 Å². The van der Waals surface area contributed by atoms with E-state index in [4.69, 9.17) is 37.0 Å². The average molecular weight is 1490 g/mol. The van der Waals surface area contributed by atoms with Crippen LogP contribution < -0.4 is 0 Å². The summed E-state index contributed by atoms with van der Waals surface area (Å²) in [4.78, 5) is 73.2. The number of hydrogen-bond acceptors (Lipinski definition) is 15. The van der Waals surface area contributed by atoms with Gasteiger partial charge in [0.25, 0.3) is 0 Å². The normalized spacial score (nSPS) is 13.8. The topological polar surface area (TPSA) is 237 Å². The van der Waals surface area contributed by atoms with Crippen molar-refractivity contribution < 1.29 is 80.2 Å². The Morgan fingerprint density at radius 1 is 0.235 bits per heavy atom. The molecule has 0 fully saturated rings. The first-order chi connectivity index (χ1) is 49.7. The van der Waals surface area contributed by atoms with Gasteiger partial charge < -0.3 is 33.8 Å². The highest BCUT2D eigenvalue weighted by Crippen LogP contribution is 2.45. The third-order valence-electron chi connectivity index (χ3n) is 19.6. The zero-order valence-electron chi connectivity index (χ0n) is 66.6. The van der Waals surface area contributed by atoms with Crippen LogP contribution in [0.4, 0.5) is 0 Å². The van der Waals surface area contributed by atoms with E-state index >= 15 is 0 Å². The Labute approximate surface area is 626 Å². The zero-order chi connectivity index (χ0) is 74.6. The Hall–Kier alpha value is -1.94. The second kappa shape index (κ2) is 77.2. The van der Waals surface area contributed by atoms with Gasteiger partial charge in [-0.05, 0) is 25.7 Å². The molecule has 0 amide bonds. The zero-order valence-corrected chi connectivity index (χ0v) is 68.4. The molecule has 5 atom stereocenters. The molecule has 0 aliphatic heterocycles. The molecule has 0 rings (SSSR count). The van der Waals surface area contributed by atoms with Crippen molar-refractivity contribution in [1.29, 1.82) is 0 Å². The van der Waals surface area contributed by atoms with Crippen molar-refractivity contribution in [3.63, 3.8) is 0 Å². The minimum absolute atomic E-state index is 0.110. The summed E-state index contributed by atoms with van der Waals surface area (Å²) in [6, 6.07) is 0. The molecule has 0 bridgehead atoms. The van der Waals surface area contributed by atoms with Crippen molar-refractivity contribution in [1.82, 2.24) is 0 Å². The minimum Gasteiger partial charge on any atom is -0.462 e. The van der Waals surface area contributed by atoms with Gasteiger partial charge in [0.2, 0.25) is 0 Å². The summed E-state index contributed by atoms with van der Waals surface area (Å²) in [7, 11) is -9.92. The lowest BCUT2D eigenvalue weighted by Gasteiger charge is -2.21. The van der Waals surface area contributed by atoms with Crippen LogP contribution in [0, 0.1) is 0 Å². The monoisotopic (exact) mass is 1490 g/mol. The number of carbonyl (C=O) groups is 4. The lowest BCUT2D eigenvalue weighted by molar-refractivity contribution is -0.161. The van der Waals surface area contributed by atoms with E-state index in [1.54, 1.807) is 0 Å². The van der Waals surface area contributed by atoms with Gasteiger partial charge in [0, 0.05) is 25.7 Å². The van der Waals surface area contributed by atoms with E-state index in [9.17, 15) is 43.2 Å². The van der Waals surface area contributed by atoms with Gasteiger partial charge in [-0.15, -0.1) is 0 Å². The van der Waals surface area contributed by atoms with E-state index in [0.29, 0.717) is 25.7 Å². The molecule has 0 spiro atoms. The fourth-order valence-electron chi connectivity index (χ4n) is 13.0. The van der Waals surface area contributed by atoms with Crippen LogP contribution in [0.5, 0.6) is 0 Å². The van der Waals surface area contributed by atoms with Crippen LogP contribution >= 0.6 is 15.6 Å². The quantitative estimate of drug-likeness (QED) is 0.0222. The number of rotatable bonds is 84. The molecule has 0 aliphatic carbocycles. The van der Waals surface area contributed by atoms with Crippen molar-refractivity contribution in [2.45, 2.75) is 470 Å². The Morgan fingerprint density at radius 3 is 0.578 bits per heavy atom. The van der Waals surface area contributed by atoms with E-state index < -0.39 is 97.5 Å². The number of hydrogen-bond donors (Lipinski definition) is 3. The van der Waals surface area contributed by atoms with Gasteiger partial charge in [-0.1, -0.05) is 400 Å². The summed E-state index contributed by atoms with van der Waals surface area (Å²) in [5.41, 5.74) is 0. The third-order valence-corrected chi connectivity index (χ3v) is 21.5. The van der Waals surface area contributed by atoms with Crippen molar-refractivity contribution in [3.05, 3.63) is 0 Å². The van der Waals surface area contributed by atoms with Crippen LogP contribution in [0.3, 0.4) is 0 Å². The molecule has 0 radical (unpaired) electrons. The molecule has 19 heteroatoms. The molecule has 0 aromatic carbocycles. The Bertz CT molecular complexity index is 1930. The van der Waals surface area contributed by atoms with Crippen molar-refractivity contribution in [2.75, 3.05) is 39.6 Å². The second-order valence-corrected chi connectivity index (χ2v) is 32.8. The number of esters is 4. The highest BCUT2D eigenvalue weighted by molar-refractivity contribution is 7.47. The maximum atomic E-state index is 13.1. The van der Waals surface area contributed by atoms with E-state index in [0.717, 1.165) is 89.9 Å². The molecule has 2 unspecified atom stereocenters. The van der Waals surface area contributed by atoms with Gasteiger partial charge in [-0.25, -0.2) is 9.13 Å². The molecule has 606 valence electrons. The predicted molar refractivity (Wildman–Crippen MR) is 419 cm³/mol. The van der Waals surface area contributed by atoms with Crippen LogP contribution in [0.15, 0.2) is 0 Å². The fraction of sp³-hybridized carbons (Fsp3) is 0.952. The first-order valence-corrected chi connectivity index (χ1v) is 46.3. The Kier molecular flexibility index (Phi) is 75.8. The first-order valence-electron chi connectivity index (χ1n) is 43.3. The third kappa shape index (κ3) is 76.3. The molecule has 0 aromatic rings. The number of aliphatic hydroxyl groups is 1. The molecular weight excluding hydrogens is 1330 g/mol. The molecule has 0 aliphatic rings. The number of ether oxygens (including phenoxy) is 4. The van der Waals surface area contributed by atoms with Gasteiger partial charge in [-0.3, -0.25) is 37.3 Å². The molecular formula is C83H162O17P2. The van der Waals surface area contributed by atoms with Gasteiger partial charge in [0.15, 0.2) is 12.2 Å². The van der Waals surface area contributed by atoms with Crippen LogP contribution in [0.25, 0.3) is 0 Å². The summed E-state index contributed by atoms with van der Waals surface area (Å²) in [6.45, 7) is 5.06.